The monoisotopic (exact) mass is 220 g/mol. The summed E-state index contributed by atoms with van der Waals surface area (Å²) in [6, 6.07) is 1.65. The van der Waals surface area contributed by atoms with E-state index in [1.807, 2.05) is 0 Å². The SMILES string of the molecule is O=C(O)C(F)c1cc(O)c(O)cc1Cl. The number of benzene rings is 1. The number of alkyl halides is 1. The number of aliphatic carboxylic acids is 1. The fraction of sp³-hybridized carbons (Fsp3) is 0.125. The minimum Gasteiger partial charge on any atom is -0.504 e. The molecule has 0 radical (unpaired) electrons. The fourth-order valence-electron chi connectivity index (χ4n) is 0.895. The molecule has 1 aromatic rings. The number of hydrogen-bond donors (Lipinski definition) is 3. The Bertz CT molecular complexity index is 380. The largest absolute Gasteiger partial charge is 0.504 e. The van der Waals surface area contributed by atoms with Gasteiger partial charge in [0.2, 0.25) is 6.17 Å². The van der Waals surface area contributed by atoms with Gasteiger partial charge in [-0.05, 0) is 6.07 Å². The number of carbonyl (C=O) groups is 1. The molecule has 0 saturated carbocycles. The number of hydrogen-bond acceptors (Lipinski definition) is 3. The lowest BCUT2D eigenvalue weighted by Gasteiger charge is -2.07. The molecular weight excluding hydrogens is 215 g/mol. The summed E-state index contributed by atoms with van der Waals surface area (Å²) in [4.78, 5) is 10.3. The van der Waals surface area contributed by atoms with Crippen molar-refractivity contribution in [1.29, 1.82) is 0 Å². The van der Waals surface area contributed by atoms with Gasteiger partial charge in [-0.2, -0.15) is 0 Å². The van der Waals surface area contributed by atoms with Gasteiger partial charge >= 0.3 is 5.97 Å². The summed E-state index contributed by atoms with van der Waals surface area (Å²) in [7, 11) is 0. The van der Waals surface area contributed by atoms with Crippen LogP contribution in [0.4, 0.5) is 4.39 Å². The molecule has 0 fully saturated rings. The summed E-state index contributed by atoms with van der Waals surface area (Å²) in [5, 5.41) is 26.0. The number of phenolic OH excluding ortho intramolecular Hbond substituents is 2. The molecule has 14 heavy (non-hydrogen) atoms. The Kier molecular flexibility index (Phi) is 2.81. The number of carboxylic acid groups (broad SMARTS) is 1. The molecule has 6 heteroatoms. The lowest BCUT2D eigenvalue weighted by Crippen LogP contribution is -2.06. The highest BCUT2D eigenvalue weighted by atomic mass is 35.5. The van der Waals surface area contributed by atoms with Gasteiger partial charge in [-0.3, -0.25) is 0 Å². The van der Waals surface area contributed by atoms with Crippen LogP contribution in [0.2, 0.25) is 5.02 Å². The maximum absolute atomic E-state index is 13.0. The Hall–Kier alpha value is -1.49. The van der Waals surface area contributed by atoms with Crippen LogP contribution in [-0.2, 0) is 4.79 Å². The number of phenols is 2. The average Bonchev–Trinajstić information content (AvgIpc) is 2.10. The summed E-state index contributed by atoms with van der Waals surface area (Å²) >= 11 is 5.47. The maximum atomic E-state index is 13.0. The van der Waals surface area contributed by atoms with Gasteiger partial charge < -0.3 is 15.3 Å². The van der Waals surface area contributed by atoms with Crippen molar-refractivity contribution in [1.82, 2.24) is 0 Å². The topological polar surface area (TPSA) is 77.8 Å². The number of carboxylic acids is 1. The molecule has 3 N–H and O–H groups in total. The van der Waals surface area contributed by atoms with E-state index in [9.17, 15) is 9.18 Å². The van der Waals surface area contributed by atoms with Crippen molar-refractivity contribution in [3.8, 4) is 11.5 Å². The van der Waals surface area contributed by atoms with Crippen molar-refractivity contribution >= 4 is 17.6 Å². The number of aromatic hydroxyl groups is 2. The van der Waals surface area contributed by atoms with Gasteiger partial charge in [0.25, 0.3) is 0 Å². The lowest BCUT2D eigenvalue weighted by atomic mass is 10.1. The van der Waals surface area contributed by atoms with Crippen LogP contribution >= 0.6 is 11.6 Å². The summed E-state index contributed by atoms with van der Waals surface area (Å²) in [6.45, 7) is 0. The summed E-state index contributed by atoms with van der Waals surface area (Å²) < 4.78 is 13.0. The molecule has 0 aliphatic heterocycles. The smallest absolute Gasteiger partial charge is 0.343 e. The molecule has 0 aliphatic rings. The zero-order valence-corrected chi connectivity index (χ0v) is 7.49. The Labute approximate surface area is 83.2 Å². The van der Waals surface area contributed by atoms with Gasteiger partial charge in [0.15, 0.2) is 11.5 Å². The van der Waals surface area contributed by atoms with Crippen LogP contribution < -0.4 is 0 Å². The van der Waals surface area contributed by atoms with Crippen LogP contribution in [-0.4, -0.2) is 21.3 Å². The minimum absolute atomic E-state index is 0.254. The molecule has 1 atom stereocenters. The highest BCUT2D eigenvalue weighted by Gasteiger charge is 2.22. The van der Waals surface area contributed by atoms with Crippen molar-refractivity contribution in [2.24, 2.45) is 0 Å². The third kappa shape index (κ3) is 1.88. The van der Waals surface area contributed by atoms with Crippen LogP contribution in [0.5, 0.6) is 11.5 Å². The van der Waals surface area contributed by atoms with Gasteiger partial charge in [-0.15, -0.1) is 0 Å². The Morgan fingerprint density at radius 1 is 1.36 bits per heavy atom. The number of rotatable bonds is 2. The molecule has 0 amide bonds. The van der Waals surface area contributed by atoms with E-state index in [0.717, 1.165) is 12.1 Å². The molecular formula is C8H6ClFO4. The molecule has 1 aromatic carbocycles. The van der Waals surface area contributed by atoms with Crippen LogP contribution in [0.25, 0.3) is 0 Å². The second kappa shape index (κ2) is 3.71. The van der Waals surface area contributed by atoms with Crippen LogP contribution in [0.3, 0.4) is 0 Å². The molecule has 0 aliphatic carbocycles. The quantitative estimate of drug-likeness (QED) is 0.665. The molecule has 4 nitrogen and oxygen atoms in total. The van der Waals surface area contributed by atoms with Crippen molar-refractivity contribution in [3.05, 3.63) is 22.7 Å². The van der Waals surface area contributed by atoms with Crippen molar-refractivity contribution in [2.75, 3.05) is 0 Å². The molecule has 0 heterocycles. The second-order valence-electron chi connectivity index (χ2n) is 2.56. The second-order valence-corrected chi connectivity index (χ2v) is 2.97. The van der Waals surface area contributed by atoms with Crippen LogP contribution in [0.1, 0.15) is 11.7 Å². The lowest BCUT2D eigenvalue weighted by molar-refractivity contribution is -0.143. The van der Waals surface area contributed by atoms with Crippen molar-refractivity contribution < 1.29 is 24.5 Å². The van der Waals surface area contributed by atoms with Gasteiger partial charge in [0.1, 0.15) is 0 Å². The minimum atomic E-state index is -2.33. The average molecular weight is 221 g/mol. The fourth-order valence-corrected chi connectivity index (χ4v) is 1.15. The zero-order valence-electron chi connectivity index (χ0n) is 6.74. The first kappa shape index (κ1) is 10.6. The van der Waals surface area contributed by atoms with Crippen molar-refractivity contribution in [2.45, 2.75) is 6.17 Å². The van der Waals surface area contributed by atoms with Crippen LogP contribution in [0.15, 0.2) is 12.1 Å². The van der Waals surface area contributed by atoms with E-state index >= 15 is 0 Å². The Morgan fingerprint density at radius 3 is 2.36 bits per heavy atom. The Balaban J connectivity index is 3.22. The Morgan fingerprint density at radius 2 is 1.86 bits per heavy atom. The third-order valence-corrected chi connectivity index (χ3v) is 1.91. The van der Waals surface area contributed by atoms with Crippen molar-refractivity contribution in [3.63, 3.8) is 0 Å². The normalized spacial score (nSPS) is 12.4. The van der Waals surface area contributed by atoms with E-state index in [4.69, 9.17) is 26.9 Å². The predicted molar refractivity (Wildman–Crippen MR) is 46.3 cm³/mol. The first-order valence-electron chi connectivity index (χ1n) is 3.51. The van der Waals surface area contributed by atoms with Gasteiger partial charge in [0.05, 0.1) is 5.02 Å². The van der Waals surface area contributed by atoms with E-state index in [1.165, 1.54) is 0 Å². The van der Waals surface area contributed by atoms with E-state index in [1.54, 1.807) is 0 Å². The van der Waals surface area contributed by atoms with E-state index in [-0.39, 0.29) is 5.02 Å². The van der Waals surface area contributed by atoms with Gasteiger partial charge in [-0.1, -0.05) is 11.6 Å². The number of halogens is 2. The van der Waals surface area contributed by atoms with Gasteiger partial charge in [-0.25, -0.2) is 9.18 Å². The third-order valence-electron chi connectivity index (χ3n) is 1.58. The predicted octanol–water partition coefficient (Wildman–Crippen LogP) is 1.85. The first-order chi connectivity index (χ1) is 6.43. The van der Waals surface area contributed by atoms with Crippen LogP contribution in [0, 0.1) is 0 Å². The summed E-state index contributed by atoms with van der Waals surface area (Å²) in [5.74, 6) is -2.86. The maximum Gasteiger partial charge on any atom is 0.343 e. The molecule has 1 rings (SSSR count). The molecule has 0 saturated heterocycles. The molecule has 1 unspecified atom stereocenters. The molecule has 0 bridgehead atoms. The highest BCUT2D eigenvalue weighted by Crippen LogP contribution is 2.35. The molecule has 0 spiro atoms. The molecule has 76 valence electrons. The highest BCUT2D eigenvalue weighted by molar-refractivity contribution is 6.31. The summed E-state index contributed by atoms with van der Waals surface area (Å²) in [5.41, 5.74) is -0.394. The standard InChI is InChI=1S/C8H6ClFO4/c9-4-2-6(12)5(11)1-3(4)7(10)8(13)14/h1-2,7,11-12H,(H,13,14). The summed E-state index contributed by atoms with van der Waals surface area (Å²) in [6.07, 6.45) is -2.33. The molecule has 0 aromatic heterocycles. The zero-order chi connectivity index (χ0) is 10.9. The van der Waals surface area contributed by atoms with E-state index in [2.05, 4.69) is 0 Å². The van der Waals surface area contributed by atoms with E-state index < -0.39 is 29.2 Å². The van der Waals surface area contributed by atoms with Gasteiger partial charge in [0, 0.05) is 11.6 Å². The first-order valence-corrected chi connectivity index (χ1v) is 3.89. The van der Waals surface area contributed by atoms with E-state index in [0.29, 0.717) is 0 Å².